The molecule has 0 saturated carbocycles. The molecule has 4 N–H and O–H groups in total. The van der Waals surface area contributed by atoms with E-state index in [0.717, 1.165) is 11.4 Å². The van der Waals surface area contributed by atoms with E-state index in [1.165, 1.54) is 0 Å². The smallest absolute Gasteiger partial charge is 0.490 e. The molecule has 0 atom stereocenters. The summed E-state index contributed by atoms with van der Waals surface area (Å²) in [4.78, 5) is 25.7. The number of rotatable bonds is 8. The van der Waals surface area contributed by atoms with Crippen molar-refractivity contribution in [3.63, 3.8) is 0 Å². The van der Waals surface area contributed by atoms with Gasteiger partial charge >= 0.3 is 18.2 Å². The number of benzene rings is 2. The van der Waals surface area contributed by atoms with Crippen LogP contribution in [0, 0.1) is 0 Å². The van der Waals surface area contributed by atoms with Crippen molar-refractivity contribution < 1.29 is 42.4 Å². The second kappa shape index (κ2) is 14.2. The summed E-state index contributed by atoms with van der Waals surface area (Å²) in [6.45, 7) is 6.34. The number of nitrogens with zero attached hydrogens (tertiary/aromatic N) is 3. The molecule has 14 heteroatoms. The highest BCUT2D eigenvalue weighted by atomic mass is 19.4. The van der Waals surface area contributed by atoms with Crippen LogP contribution < -0.4 is 20.1 Å². The summed E-state index contributed by atoms with van der Waals surface area (Å²) in [6, 6.07) is 19.4. The van der Waals surface area contributed by atoms with Gasteiger partial charge in [0.1, 0.15) is 29.7 Å². The first-order chi connectivity index (χ1) is 20.3. The van der Waals surface area contributed by atoms with E-state index in [1.807, 2.05) is 24.3 Å². The average molecular weight is 602 g/mol. The molecule has 0 saturated heterocycles. The molecule has 0 radical (unpaired) electrons. The Hall–Kier alpha value is -5.11. The molecule has 0 aliphatic heterocycles. The minimum absolute atomic E-state index is 0.0563. The van der Waals surface area contributed by atoms with Crippen LogP contribution in [0.25, 0.3) is 5.69 Å². The second-order valence-electron chi connectivity index (χ2n) is 9.84. The van der Waals surface area contributed by atoms with Crippen LogP contribution in [-0.2, 0) is 10.2 Å². The maximum atomic E-state index is 12.8. The van der Waals surface area contributed by atoms with E-state index in [-0.39, 0.29) is 18.6 Å². The van der Waals surface area contributed by atoms with E-state index in [1.54, 1.807) is 59.5 Å². The van der Waals surface area contributed by atoms with Crippen LogP contribution in [0.15, 0.2) is 79.1 Å². The molecule has 2 aromatic heterocycles. The topological polar surface area (TPSA) is 148 Å². The third kappa shape index (κ3) is 10.0. The lowest BCUT2D eigenvalue weighted by Gasteiger charge is -2.14. The van der Waals surface area contributed by atoms with Gasteiger partial charge in [0.15, 0.2) is 0 Å². The zero-order valence-electron chi connectivity index (χ0n) is 23.4. The molecule has 11 nitrogen and oxygen atoms in total. The van der Waals surface area contributed by atoms with Crippen molar-refractivity contribution in [1.29, 1.82) is 0 Å². The van der Waals surface area contributed by atoms with E-state index in [4.69, 9.17) is 29.6 Å². The van der Waals surface area contributed by atoms with Gasteiger partial charge in [-0.05, 0) is 60.7 Å². The summed E-state index contributed by atoms with van der Waals surface area (Å²) in [7, 11) is 0. The third-order valence-electron chi connectivity index (χ3n) is 5.39. The first-order valence-corrected chi connectivity index (χ1v) is 12.8. The number of hydrogen-bond donors (Lipinski definition) is 4. The molecule has 0 bridgehead atoms. The fraction of sp³-hybridized carbons (Fsp3) is 0.241. The van der Waals surface area contributed by atoms with Crippen LogP contribution in [0.1, 0.15) is 26.5 Å². The molecule has 0 spiro atoms. The monoisotopic (exact) mass is 601 g/mol. The third-order valence-corrected chi connectivity index (χ3v) is 5.39. The van der Waals surface area contributed by atoms with Gasteiger partial charge in [0.05, 0.1) is 24.2 Å². The predicted molar refractivity (Wildman–Crippen MR) is 152 cm³/mol. The number of carboxylic acids is 1. The Morgan fingerprint density at radius 1 is 0.930 bits per heavy atom. The summed E-state index contributed by atoms with van der Waals surface area (Å²) in [5, 5.41) is 26.5. The van der Waals surface area contributed by atoms with Gasteiger partial charge in [0.2, 0.25) is 0 Å². The van der Waals surface area contributed by atoms with Gasteiger partial charge < -0.3 is 25.0 Å². The molecular weight excluding hydrogens is 571 g/mol. The van der Waals surface area contributed by atoms with Crippen molar-refractivity contribution in [3.8, 4) is 22.9 Å². The normalized spacial score (nSPS) is 11.1. The van der Waals surface area contributed by atoms with Crippen molar-refractivity contribution in [2.24, 2.45) is 0 Å². The van der Waals surface area contributed by atoms with Crippen molar-refractivity contribution in [2.45, 2.75) is 32.4 Å². The number of carbonyl (C=O) groups is 2. The lowest BCUT2D eigenvalue weighted by molar-refractivity contribution is -0.192. The molecule has 0 aliphatic rings. The molecule has 2 amide bonds. The number of carbonyl (C=O) groups excluding carboxylic acids is 1. The Balaban J connectivity index is 0.000000646. The maximum Gasteiger partial charge on any atom is 0.490 e. The Morgan fingerprint density at radius 2 is 1.56 bits per heavy atom. The average Bonchev–Trinajstić information content (AvgIpc) is 3.38. The standard InChI is InChI=1S/C27H29N5O4.C2HF3O2/c1-27(2,3)24-17-25(32(31-24)20-8-12-21(13-9-20)35-16-15-33)30-26(34)29-19-6-10-22(11-7-19)36-23-5-4-14-28-18-23;3-2(4,5)1(6)7/h4-14,17-18,33H,15-16H2,1-3H3,(H2,29,30,34);(H,6,7). The molecule has 228 valence electrons. The number of alkyl halides is 3. The van der Waals surface area contributed by atoms with Gasteiger partial charge in [-0.1, -0.05) is 20.8 Å². The molecular formula is C29H30F3N5O6. The number of nitrogens with one attached hydrogen (secondary N) is 2. The van der Waals surface area contributed by atoms with Crippen molar-refractivity contribution in [2.75, 3.05) is 23.8 Å². The van der Waals surface area contributed by atoms with E-state index in [0.29, 0.717) is 28.8 Å². The molecule has 43 heavy (non-hydrogen) atoms. The Kier molecular flexibility index (Phi) is 10.7. The Bertz CT molecular complexity index is 1490. The molecule has 2 aromatic carbocycles. The minimum atomic E-state index is -5.08. The van der Waals surface area contributed by atoms with Crippen LogP contribution in [-0.4, -0.2) is 56.4 Å². The van der Waals surface area contributed by atoms with Crippen LogP contribution in [0.3, 0.4) is 0 Å². The molecule has 4 rings (SSSR count). The summed E-state index contributed by atoms with van der Waals surface area (Å²) < 4.78 is 44.6. The Labute approximate surface area is 244 Å². The van der Waals surface area contributed by atoms with Gasteiger partial charge in [-0.2, -0.15) is 18.3 Å². The molecule has 2 heterocycles. The van der Waals surface area contributed by atoms with Crippen molar-refractivity contribution >= 4 is 23.5 Å². The van der Waals surface area contributed by atoms with Gasteiger partial charge in [-0.25, -0.2) is 14.3 Å². The van der Waals surface area contributed by atoms with Crippen LogP contribution in [0.4, 0.5) is 29.5 Å². The number of hydrogen-bond acceptors (Lipinski definition) is 7. The predicted octanol–water partition coefficient (Wildman–Crippen LogP) is 6.01. The SMILES string of the molecule is CC(C)(C)c1cc(NC(=O)Nc2ccc(Oc3cccnc3)cc2)n(-c2ccc(OCCO)cc2)n1.O=C(O)C(F)(F)F. The molecule has 4 aromatic rings. The lowest BCUT2D eigenvalue weighted by Crippen LogP contribution is -2.21. The first-order valence-electron chi connectivity index (χ1n) is 12.8. The number of anilines is 2. The largest absolute Gasteiger partial charge is 0.491 e. The van der Waals surface area contributed by atoms with Crippen molar-refractivity contribution in [1.82, 2.24) is 14.8 Å². The fourth-order valence-corrected chi connectivity index (χ4v) is 3.31. The summed E-state index contributed by atoms with van der Waals surface area (Å²) in [5.74, 6) is -0.329. The Morgan fingerprint density at radius 3 is 2.09 bits per heavy atom. The number of aliphatic hydroxyl groups is 1. The number of amides is 2. The number of urea groups is 1. The summed E-state index contributed by atoms with van der Waals surface area (Å²) >= 11 is 0. The number of ether oxygens (including phenoxy) is 2. The van der Waals surface area contributed by atoms with E-state index >= 15 is 0 Å². The van der Waals surface area contributed by atoms with E-state index in [9.17, 15) is 18.0 Å². The lowest BCUT2D eigenvalue weighted by atomic mass is 9.92. The zero-order valence-corrected chi connectivity index (χ0v) is 23.4. The van der Waals surface area contributed by atoms with Crippen LogP contribution >= 0.6 is 0 Å². The first kappa shape index (κ1) is 32.4. The maximum absolute atomic E-state index is 12.8. The van der Waals surface area contributed by atoms with Crippen LogP contribution in [0.5, 0.6) is 17.2 Å². The van der Waals surface area contributed by atoms with E-state index in [2.05, 4.69) is 36.4 Å². The zero-order chi connectivity index (χ0) is 31.6. The number of carboxylic acid groups (broad SMARTS) is 1. The second-order valence-corrected chi connectivity index (χ2v) is 9.84. The molecule has 0 unspecified atom stereocenters. The fourth-order valence-electron chi connectivity index (χ4n) is 3.31. The number of halogens is 3. The molecule has 0 fully saturated rings. The highest BCUT2D eigenvalue weighted by molar-refractivity contribution is 5.99. The number of aromatic nitrogens is 3. The highest BCUT2D eigenvalue weighted by Crippen LogP contribution is 2.28. The van der Waals surface area contributed by atoms with E-state index < -0.39 is 18.2 Å². The molecule has 0 aliphatic carbocycles. The summed E-state index contributed by atoms with van der Waals surface area (Å²) in [5.41, 5.74) is 1.98. The number of aliphatic hydroxyl groups excluding tert-OH is 1. The quantitative estimate of drug-likeness (QED) is 0.192. The van der Waals surface area contributed by atoms with Gasteiger partial charge in [0, 0.05) is 23.4 Å². The van der Waals surface area contributed by atoms with Gasteiger partial charge in [-0.15, -0.1) is 0 Å². The van der Waals surface area contributed by atoms with Gasteiger partial charge in [0.25, 0.3) is 0 Å². The number of pyridine rings is 1. The highest BCUT2D eigenvalue weighted by Gasteiger charge is 2.38. The van der Waals surface area contributed by atoms with Crippen LogP contribution in [0.2, 0.25) is 0 Å². The summed E-state index contributed by atoms with van der Waals surface area (Å²) in [6.07, 6.45) is -1.78. The van der Waals surface area contributed by atoms with Crippen molar-refractivity contribution in [3.05, 3.63) is 84.8 Å². The number of aliphatic carboxylic acids is 1. The minimum Gasteiger partial charge on any atom is -0.491 e. The van der Waals surface area contributed by atoms with Gasteiger partial charge in [-0.3, -0.25) is 10.3 Å².